The number of carbonyl (C=O) groups is 1. The zero-order valence-electron chi connectivity index (χ0n) is 10.1. The lowest BCUT2D eigenvalue weighted by atomic mass is 10.0. The second-order valence-corrected chi connectivity index (χ2v) is 7.60. The molecule has 102 valence electrons. The predicted molar refractivity (Wildman–Crippen MR) is 68.1 cm³/mol. The number of nitrogens with zero attached hydrogens (tertiary/aromatic N) is 2. The Kier molecular flexibility index (Phi) is 3.62. The van der Waals surface area contributed by atoms with E-state index in [1.165, 1.54) is 12.1 Å². The first-order valence-electron chi connectivity index (χ1n) is 5.62. The van der Waals surface area contributed by atoms with Gasteiger partial charge in [-0.2, -0.15) is 9.57 Å². The van der Waals surface area contributed by atoms with Crippen LogP contribution in [0.4, 0.5) is 0 Å². The smallest absolute Gasteiger partial charge is 0.322 e. The second-order valence-electron chi connectivity index (χ2n) is 4.40. The molecule has 19 heavy (non-hydrogen) atoms. The second kappa shape index (κ2) is 4.92. The van der Waals surface area contributed by atoms with Gasteiger partial charge in [0.1, 0.15) is 21.2 Å². The molecule has 0 spiro atoms. The van der Waals surface area contributed by atoms with Gasteiger partial charge in [-0.1, -0.05) is 6.92 Å². The molecule has 0 radical (unpaired) electrons. The Morgan fingerprint density at radius 1 is 1.58 bits per heavy atom. The van der Waals surface area contributed by atoms with Crippen molar-refractivity contribution in [2.45, 2.75) is 23.6 Å². The summed E-state index contributed by atoms with van der Waals surface area (Å²) in [6, 6.07) is 3.61. The number of rotatable bonds is 3. The van der Waals surface area contributed by atoms with Gasteiger partial charge < -0.3 is 5.11 Å². The molecule has 1 aliphatic heterocycles. The lowest BCUT2D eigenvalue weighted by molar-refractivity contribution is -0.141. The van der Waals surface area contributed by atoms with Crippen LogP contribution in [0.1, 0.15) is 18.2 Å². The molecule has 2 heterocycles. The van der Waals surface area contributed by atoms with E-state index < -0.39 is 22.0 Å². The Balaban J connectivity index is 2.40. The summed E-state index contributed by atoms with van der Waals surface area (Å²) in [4.78, 5) is 11.5. The summed E-state index contributed by atoms with van der Waals surface area (Å²) in [6.45, 7) is 1.92. The molecule has 1 aromatic heterocycles. The molecular formula is C11H12N2O4S2. The van der Waals surface area contributed by atoms with Crippen LogP contribution in [0.5, 0.6) is 0 Å². The first-order valence-corrected chi connectivity index (χ1v) is 7.88. The summed E-state index contributed by atoms with van der Waals surface area (Å²) >= 11 is 0.858. The van der Waals surface area contributed by atoms with Crippen molar-refractivity contribution in [3.63, 3.8) is 0 Å². The van der Waals surface area contributed by atoms with E-state index in [0.29, 0.717) is 6.42 Å². The average molecular weight is 300 g/mol. The Bertz CT molecular complexity index is 644. The van der Waals surface area contributed by atoms with E-state index in [4.69, 9.17) is 10.4 Å². The Hall–Kier alpha value is -1.43. The highest BCUT2D eigenvalue weighted by Gasteiger charge is 2.44. The summed E-state index contributed by atoms with van der Waals surface area (Å²) in [5, 5.41) is 17.9. The van der Waals surface area contributed by atoms with E-state index in [-0.39, 0.29) is 21.5 Å². The minimum Gasteiger partial charge on any atom is -0.480 e. The number of carboxylic acids is 1. The third-order valence-corrected chi connectivity index (χ3v) is 6.50. The van der Waals surface area contributed by atoms with Crippen molar-refractivity contribution in [3.8, 4) is 6.07 Å². The maximum atomic E-state index is 12.4. The summed E-state index contributed by atoms with van der Waals surface area (Å²) in [7, 11) is -3.84. The standard InChI is InChI=1S/C11H12N2O4S2/c1-7-4-5-13(10(7)11(14)15)19(16,17)9-3-2-8(6-12)18-9/h2-3,7,10H,4-5H2,1H3,(H,14,15). The number of nitriles is 1. The molecule has 0 aliphatic carbocycles. The van der Waals surface area contributed by atoms with Gasteiger partial charge in [-0.15, -0.1) is 11.3 Å². The van der Waals surface area contributed by atoms with E-state index in [2.05, 4.69) is 0 Å². The fourth-order valence-corrected chi connectivity index (χ4v) is 5.11. The molecule has 0 saturated carbocycles. The van der Waals surface area contributed by atoms with Crippen LogP contribution in [0.2, 0.25) is 0 Å². The molecule has 8 heteroatoms. The number of sulfonamides is 1. The lowest BCUT2D eigenvalue weighted by Gasteiger charge is -2.21. The van der Waals surface area contributed by atoms with Gasteiger partial charge in [0.05, 0.1) is 0 Å². The molecule has 1 N–H and O–H groups in total. The largest absolute Gasteiger partial charge is 0.480 e. The first kappa shape index (κ1) is 14.0. The van der Waals surface area contributed by atoms with Gasteiger partial charge in [-0.05, 0) is 24.5 Å². The van der Waals surface area contributed by atoms with Crippen LogP contribution in [0.3, 0.4) is 0 Å². The SMILES string of the molecule is CC1CCN(S(=O)(=O)c2ccc(C#N)s2)C1C(=O)O. The first-order chi connectivity index (χ1) is 8.87. The van der Waals surface area contributed by atoms with E-state index in [1.807, 2.05) is 6.07 Å². The quantitative estimate of drug-likeness (QED) is 0.901. The van der Waals surface area contributed by atoms with Crippen LogP contribution in [0.15, 0.2) is 16.3 Å². The van der Waals surface area contributed by atoms with Crippen molar-refractivity contribution in [2.75, 3.05) is 6.54 Å². The molecule has 1 aliphatic rings. The number of hydrogen-bond donors (Lipinski definition) is 1. The predicted octanol–water partition coefficient (Wildman–Crippen LogP) is 1.10. The highest BCUT2D eigenvalue weighted by Crippen LogP contribution is 2.32. The third-order valence-electron chi connectivity index (χ3n) is 3.16. The molecular weight excluding hydrogens is 288 g/mol. The van der Waals surface area contributed by atoms with E-state index in [9.17, 15) is 13.2 Å². The fourth-order valence-electron chi connectivity index (χ4n) is 2.18. The Morgan fingerprint density at radius 3 is 2.79 bits per heavy atom. The number of carboxylic acid groups (broad SMARTS) is 1. The molecule has 1 aromatic rings. The van der Waals surface area contributed by atoms with Crippen molar-refractivity contribution >= 4 is 27.3 Å². The third kappa shape index (κ3) is 2.36. The normalized spacial score (nSPS) is 24.2. The van der Waals surface area contributed by atoms with Crippen LogP contribution in [0.25, 0.3) is 0 Å². The van der Waals surface area contributed by atoms with Gasteiger partial charge in [0.25, 0.3) is 10.0 Å². The molecule has 0 bridgehead atoms. The highest BCUT2D eigenvalue weighted by atomic mass is 32.2. The van der Waals surface area contributed by atoms with Crippen molar-refractivity contribution in [1.29, 1.82) is 5.26 Å². The van der Waals surface area contributed by atoms with E-state index in [1.54, 1.807) is 6.92 Å². The zero-order valence-corrected chi connectivity index (χ0v) is 11.7. The molecule has 0 aromatic carbocycles. The molecule has 1 saturated heterocycles. The molecule has 6 nitrogen and oxygen atoms in total. The Labute approximate surface area is 114 Å². The van der Waals surface area contributed by atoms with Gasteiger partial charge in [-0.3, -0.25) is 4.79 Å². The van der Waals surface area contributed by atoms with Gasteiger partial charge in [0, 0.05) is 6.54 Å². The molecule has 0 amide bonds. The topological polar surface area (TPSA) is 98.5 Å². The van der Waals surface area contributed by atoms with Crippen molar-refractivity contribution in [1.82, 2.24) is 4.31 Å². The summed E-state index contributed by atoms with van der Waals surface area (Å²) in [6.07, 6.45) is 0.521. The number of aliphatic carboxylic acids is 1. The van der Waals surface area contributed by atoms with Crippen molar-refractivity contribution in [3.05, 3.63) is 17.0 Å². The van der Waals surface area contributed by atoms with Gasteiger partial charge in [-0.25, -0.2) is 8.42 Å². The number of thiophene rings is 1. The maximum Gasteiger partial charge on any atom is 0.322 e. The maximum absolute atomic E-state index is 12.4. The number of hydrogen-bond acceptors (Lipinski definition) is 5. The fraction of sp³-hybridized carbons (Fsp3) is 0.455. The average Bonchev–Trinajstić information content (AvgIpc) is 2.94. The Morgan fingerprint density at radius 2 is 2.26 bits per heavy atom. The van der Waals surface area contributed by atoms with Gasteiger partial charge >= 0.3 is 5.97 Å². The lowest BCUT2D eigenvalue weighted by Crippen LogP contribution is -2.42. The van der Waals surface area contributed by atoms with Crippen molar-refractivity contribution < 1.29 is 18.3 Å². The van der Waals surface area contributed by atoms with Crippen LogP contribution in [-0.2, 0) is 14.8 Å². The molecule has 1 fully saturated rings. The van der Waals surface area contributed by atoms with E-state index >= 15 is 0 Å². The summed E-state index contributed by atoms with van der Waals surface area (Å²) in [5.74, 6) is -1.35. The molecule has 2 unspecified atom stereocenters. The van der Waals surface area contributed by atoms with Crippen LogP contribution >= 0.6 is 11.3 Å². The van der Waals surface area contributed by atoms with Crippen LogP contribution in [-0.4, -0.2) is 36.4 Å². The zero-order chi connectivity index (χ0) is 14.2. The minimum atomic E-state index is -3.84. The minimum absolute atomic E-state index is 0.0180. The van der Waals surface area contributed by atoms with Crippen molar-refractivity contribution in [2.24, 2.45) is 5.92 Å². The van der Waals surface area contributed by atoms with Gasteiger partial charge in [0.2, 0.25) is 0 Å². The van der Waals surface area contributed by atoms with Crippen LogP contribution < -0.4 is 0 Å². The van der Waals surface area contributed by atoms with E-state index in [0.717, 1.165) is 15.6 Å². The summed E-state index contributed by atoms with van der Waals surface area (Å²) < 4.78 is 25.8. The van der Waals surface area contributed by atoms with Crippen LogP contribution in [0, 0.1) is 17.2 Å². The van der Waals surface area contributed by atoms with Gasteiger partial charge in [0.15, 0.2) is 0 Å². The molecule has 2 atom stereocenters. The monoisotopic (exact) mass is 300 g/mol. The summed E-state index contributed by atoms with van der Waals surface area (Å²) in [5.41, 5.74) is 0. The highest BCUT2D eigenvalue weighted by molar-refractivity contribution is 7.91. The molecule has 2 rings (SSSR count).